The average molecular weight is 294 g/mol. The topological polar surface area (TPSA) is 21.3 Å². The summed E-state index contributed by atoms with van der Waals surface area (Å²) in [4.78, 5) is 0. The van der Waals surface area contributed by atoms with Crippen LogP contribution < -0.4 is 10.1 Å². The molecule has 0 bridgehead atoms. The molecule has 1 saturated carbocycles. The Hall–Kier alpha value is -0.730. The Bertz CT molecular complexity index is 439. The summed E-state index contributed by atoms with van der Waals surface area (Å²) >= 11 is 6.16. The number of hydrogen-bond acceptors (Lipinski definition) is 2. The Labute approximate surface area is 126 Å². The van der Waals surface area contributed by atoms with Crippen molar-refractivity contribution >= 4 is 11.6 Å². The van der Waals surface area contributed by atoms with Crippen molar-refractivity contribution in [1.29, 1.82) is 0 Å². The number of piperidine rings is 1. The molecule has 20 heavy (non-hydrogen) atoms. The fraction of sp³-hybridized carbons (Fsp3) is 0.647. The van der Waals surface area contributed by atoms with E-state index in [1.807, 2.05) is 12.1 Å². The van der Waals surface area contributed by atoms with Crippen molar-refractivity contribution in [2.75, 3.05) is 19.7 Å². The number of ether oxygens (including phenoxy) is 1. The Kier molecular flexibility index (Phi) is 4.85. The molecule has 0 amide bonds. The number of hydrogen-bond donors (Lipinski definition) is 1. The zero-order chi connectivity index (χ0) is 13.8. The van der Waals surface area contributed by atoms with Gasteiger partial charge in [-0.1, -0.05) is 18.0 Å². The molecular weight excluding hydrogens is 270 g/mol. The van der Waals surface area contributed by atoms with Crippen LogP contribution in [0.15, 0.2) is 18.2 Å². The molecule has 2 fully saturated rings. The molecule has 1 aliphatic heterocycles. The Balaban J connectivity index is 1.64. The first kappa shape index (κ1) is 14.2. The van der Waals surface area contributed by atoms with E-state index in [0.717, 1.165) is 42.8 Å². The van der Waals surface area contributed by atoms with Gasteiger partial charge in [0.2, 0.25) is 0 Å². The Morgan fingerprint density at radius 3 is 2.70 bits per heavy atom. The van der Waals surface area contributed by atoms with Crippen LogP contribution in [0, 0.1) is 11.8 Å². The van der Waals surface area contributed by atoms with Crippen molar-refractivity contribution in [3.63, 3.8) is 0 Å². The third kappa shape index (κ3) is 3.67. The quantitative estimate of drug-likeness (QED) is 0.884. The zero-order valence-electron chi connectivity index (χ0n) is 12.0. The predicted molar refractivity (Wildman–Crippen MR) is 83.6 cm³/mol. The van der Waals surface area contributed by atoms with Gasteiger partial charge in [-0.2, -0.15) is 0 Å². The maximum Gasteiger partial charge on any atom is 0.122 e. The highest BCUT2D eigenvalue weighted by Gasteiger charge is 2.20. The minimum Gasteiger partial charge on any atom is -0.493 e. The molecule has 0 spiro atoms. The van der Waals surface area contributed by atoms with Crippen molar-refractivity contribution in [1.82, 2.24) is 5.32 Å². The molecule has 2 aliphatic rings. The molecule has 3 rings (SSSR count). The van der Waals surface area contributed by atoms with Gasteiger partial charge in [-0.05, 0) is 80.8 Å². The lowest BCUT2D eigenvalue weighted by molar-refractivity contribution is 0.179. The summed E-state index contributed by atoms with van der Waals surface area (Å²) in [6.07, 6.45) is 7.69. The van der Waals surface area contributed by atoms with E-state index < -0.39 is 0 Å². The van der Waals surface area contributed by atoms with Gasteiger partial charge in [-0.3, -0.25) is 0 Å². The van der Waals surface area contributed by atoms with E-state index in [-0.39, 0.29) is 0 Å². The summed E-state index contributed by atoms with van der Waals surface area (Å²) < 4.78 is 6.06. The van der Waals surface area contributed by atoms with E-state index in [1.54, 1.807) is 0 Å². The summed E-state index contributed by atoms with van der Waals surface area (Å²) in [5.41, 5.74) is 1.28. The number of halogens is 1. The predicted octanol–water partition coefficient (Wildman–Crippen LogP) is 4.06. The normalized spacial score (nSPS) is 23.4. The minimum absolute atomic E-state index is 0.716. The van der Waals surface area contributed by atoms with Crippen LogP contribution in [0.2, 0.25) is 5.02 Å². The van der Waals surface area contributed by atoms with E-state index in [4.69, 9.17) is 16.3 Å². The molecule has 3 heteroatoms. The minimum atomic E-state index is 0.716. The van der Waals surface area contributed by atoms with E-state index in [0.29, 0.717) is 5.92 Å². The maximum atomic E-state index is 6.16. The molecule has 1 N–H and O–H groups in total. The van der Waals surface area contributed by atoms with Gasteiger partial charge in [0.25, 0.3) is 0 Å². The third-order valence-electron chi connectivity index (χ3n) is 4.63. The van der Waals surface area contributed by atoms with Gasteiger partial charge in [-0.15, -0.1) is 0 Å². The first-order valence-electron chi connectivity index (χ1n) is 7.93. The molecule has 1 unspecified atom stereocenters. The highest BCUT2D eigenvalue weighted by atomic mass is 35.5. The molecule has 1 atom stereocenters. The van der Waals surface area contributed by atoms with E-state index in [2.05, 4.69) is 11.4 Å². The lowest BCUT2D eigenvalue weighted by Gasteiger charge is -2.27. The SMILES string of the molecule is Clc1ccc(OCC2CCC2)c(CC2CCCNC2)c1. The molecular formula is C17H24ClNO. The van der Waals surface area contributed by atoms with Gasteiger partial charge < -0.3 is 10.1 Å². The molecule has 1 saturated heterocycles. The standard InChI is InChI=1S/C17H24ClNO/c18-16-6-7-17(20-12-13-3-1-4-13)15(10-16)9-14-5-2-8-19-11-14/h6-7,10,13-14,19H,1-5,8-9,11-12H2. The Morgan fingerprint density at radius 2 is 2.00 bits per heavy atom. The first-order valence-corrected chi connectivity index (χ1v) is 8.31. The highest BCUT2D eigenvalue weighted by molar-refractivity contribution is 6.30. The molecule has 1 aromatic rings. The second-order valence-electron chi connectivity index (χ2n) is 6.28. The second kappa shape index (κ2) is 6.82. The molecule has 0 radical (unpaired) electrons. The summed E-state index contributed by atoms with van der Waals surface area (Å²) in [6.45, 7) is 3.16. The number of benzene rings is 1. The summed E-state index contributed by atoms with van der Waals surface area (Å²) in [6, 6.07) is 6.08. The van der Waals surface area contributed by atoms with Crippen LogP contribution >= 0.6 is 11.6 Å². The Morgan fingerprint density at radius 1 is 1.15 bits per heavy atom. The first-order chi connectivity index (χ1) is 9.81. The van der Waals surface area contributed by atoms with E-state index >= 15 is 0 Å². The summed E-state index contributed by atoms with van der Waals surface area (Å²) in [7, 11) is 0. The van der Waals surface area contributed by atoms with Crippen molar-refractivity contribution in [2.24, 2.45) is 11.8 Å². The third-order valence-corrected chi connectivity index (χ3v) is 4.86. The van der Waals surface area contributed by atoms with Crippen LogP contribution in [0.4, 0.5) is 0 Å². The smallest absolute Gasteiger partial charge is 0.122 e. The summed E-state index contributed by atoms with van der Waals surface area (Å²) in [5, 5.41) is 4.30. The molecule has 110 valence electrons. The number of rotatable bonds is 5. The van der Waals surface area contributed by atoms with Gasteiger partial charge in [0.15, 0.2) is 0 Å². The molecule has 0 aromatic heterocycles. The lowest BCUT2D eigenvalue weighted by atomic mass is 9.86. The molecule has 2 nitrogen and oxygen atoms in total. The maximum absolute atomic E-state index is 6.16. The highest BCUT2D eigenvalue weighted by Crippen LogP contribution is 2.31. The van der Waals surface area contributed by atoms with Crippen LogP contribution in [0.5, 0.6) is 5.75 Å². The zero-order valence-corrected chi connectivity index (χ0v) is 12.8. The molecule has 1 heterocycles. The van der Waals surface area contributed by atoms with E-state index in [9.17, 15) is 0 Å². The largest absolute Gasteiger partial charge is 0.493 e. The van der Waals surface area contributed by atoms with Gasteiger partial charge in [-0.25, -0.2) is 0 Å². The van der Waals surface area contributed by atoms with Gasteiger partial charge in [0.05, 0.1) is 6.61 Å². The lowest BCUT2D eigenvalue weighted by Crippen LogP contribution is -2.31. The number of nitrogens with one attached hydrogen (secondary N) is 1. The summed E-state index contributed by atoms with van der Waals surface area (Å²) in [5.74, 6) is 2.54. The second-order valence-corrected chi connectivity index (χ2v) is 6.71. The monoisotopic (exact) mass is 293 g/mol. The van der Waals surface area contributed by atoms with Crippen molar-refractivity contribution in [3.8, 4) is 5.75 Å². The van der Waals surface area contributed by atoms with Crippen molar-refractivity contribution in [3.05, 3.63) is 28.8 Å². The molecule has 1 aromatic carbocycles. The molecule has 1 aliphatic carbocycles. The van der Waals surface area contributed by atoms with Crippen molar-refractivity contribution in [2.45, 2.75) is 38.5 Å². The van der Waals surface area contributed by atoms with Gasteiger partial charge in [0.1, 0.15) is 5.75 Å². The van der Waals surface area contributed by atoms with Crippen LogP contribution in [-0.2, 0) is 6.42 Å². The van der Waals surface area contributed by atoms with Crippen LogP contribution in [0.3, 0.4) is 0 Å². The van der Waals surface area contributed by atoms with Gasteiger partial charge in [0, 0.05) is 5.02 Å². The average Bonchev–Trinajstić information content (AvgIpc) is 2.40. The van der Waals surface area contributed by atoms with Crippen LogP contribution in [-0.4, -0.2) is 19.7 Å². The van der Waals surface area contributed by atoms with Gasteiger partial charge >= 0.3 is 0 Å². The van der Waals surface area contributed by atoms with Crippen molar-refractivity contribution < 1.29 is 4.74 Å². The fourth-order valence-electron chi connectivity index (χ4n) is 3.12. The fourth-order valence-corrected chi connectivity index (χ4v) is 3.32. The van der Waals surface area contributed by atoms with Crippen LogP contribution in [0.25, 0.3) is 0 Å². The van der Waals surface area contributed by atoms with E-state index in [1.165, 1.54) is 37.7 Å². The van der Waals surface area contributed by atoms with Crippen LogP contribution in [0.1, 0.15) is 37.7 Å².